The minimum atomic E-state index is -0.239. The number of carbonyl (C=O) groups is 2. The molecule has 1 aliphatic rings. The molecule has 0 aromatic heterocycles. The molecule has 0 aliphatic carbocycles. The maximum Gasteiger partial charge on any atom is 0.266 e. The number of halogens is 1. The van der Waals surface area contributed by atoms with Gasteiger partial charge in [-0.3, -0.25) is 9.59 Å². The van der Waals surface area contributed by atoms with Gasteiger partial charge < -0.3 is 0 Å². The number of benzene rings is 2. The molecule has 3 nitrogen and oxygen atoms in total. The molecule has 0 radical (unpaired) electrons. The van der Waals surface area contributed by atoms with Gasteiger partial charge in [0.05, 0.1) is 16.8 Å². The molecule has 0 atom stereocenters. The summed E-state index contributed by atoms with van der Waals surface area (Å²) in [6.07, 6.45) is 0. The molecule has 0 bridgehead atoms. The van der Waals surface area contributed by atoms with Gasteiger partial charge in [0.1, 0.15) is 0 Å². The van der Waals surface area contributed by atoms with Gasteiger partial charge in [0.2, 0.25) is 0 Å². The number of rotatable bonds is 1. The predicted molar refractivity (Wildman–Crippen MR) is 85.9 cm³/mol. The second kappa shape index (κ2) is 4.81. The van der Waals surface area contributed by atoms with Crippen LogP contribution in [0.2, 0.25) is 0 Å². The molecule has 3 rings (SSSR count). The zero-order valence-corrected chi connectivity index (χ0v) is 13.6. The molecule has 1 heterocycles. The SMILES string of the molecule is Cc1ccc(C)c2c1C(=O)N(c1cccc(Br)c1C)C2=O. The first kappa shape index (κ1) is 14.0. The highest BCUT2D eigenvalue weighted by atomic mass is 79.9. The van der Waals surface area contributed by atoms with Gasteiger partial charge in [-0.15, -0.1) is 0 Å². The molecule has 4 heteroatoms. The molecule has 2 aromatic rings. The fourth-order valence-corrected chi connectivity index (χ4v) is 3.09. The Labute approximate surface area is 131 Å². The molecular formula is C17H14BrNO2. The Balaban J connectivity index is 2.23. The van der Waals surface area contributed by atoms with Crippen LogP contribution >= 0.6 is 15.9 Å². The fraction of sp³-hybridized carbons (Fsp3) is 0.176. The Kier molecular flexibility index (Phi) is 3.21. The summed E-state index contributed by atoms with van der Waals surface area (Å²) in [5, 5.41) is 0. The summed E-state index contributed by atoms with van der Waals surface area (Å²) in [6.45, 7) is 5.62. The Hall–Kier alpha value is -1.94. The van der Waals surface area contributed by atoms with E-state index < -0.39 is 0 Å². The standard InChI is InChI=1S/C17H14BrNO2/c1-9-7-8-10(2)15-14(9)16(20)19(17(15)21)13-6-4-5-12(18)11(13)3/h4-8H,1-3H3. The molecule has 0 spiro atoms. The van der Waals surface area contributed by atoms with Crippen molar-refractivity contribution in [2.75, 3.05) is 4.90 Å². The highest BCUT2D eigenvalue weighted by Crippen LogP contribution is 2.35. The summed E-state index contributed by atoms with van der Waals surface area (Å²) in [4.78, 5) is 26.8. The first-order valence-corrected chi connectivity index (χ1v) is 7.47. The smallest absolute Gasteiger partial charge is 0.266 e. The monoisotopic (exact) mass is 343 g/mol. The zero-order chi connectivity index (χ0) is 15.3. The third-order valence-electron chi connectivity index (χ3n) is 3.94. The number of carbonyl (C=O) groups excluding carboxylic acids is 2. The van der Waals surface area contributed by atoms with Crippen LogP contribution < -0.4 is 4.90 Å². The van der Waals surface area contributed by atoms with Crippen LogP contribution in [-0.4, -0.2) is 11.8 Å². The van der Waals surface area contributed by atoms with Crippen LogP contribution in [0, 0.1) is 20.8 Å². The van der Waals surface area contributed by atoms with Crippen molar-refractivity contribution in [2.45, 2.75) is 20.8 Å². The molecule has 2 amide bonds. The topological polar surface area (TPSA) is 37.4 Å². The number of imide groups is 1. The average Bonchev–Trinajstić information content (AvgIpc) is 2.71. The van der Waals surface area contributed by atoms with Crippen molar-refractivity contribution >= 4 is 33.4 Å². The van der Waals surface area contributed by atoms with Gasteiger partial charge in [-0.25, -0.2) is 4.90 Å². The van der Waals surface area contributed by atoms with Crippen LogP contribution in [0.25, 0.3) is 0 Å². The summed E-state index contributed by atoms with van der Waals surface area (Å²) >= 11 is 3.45. The highest BCUT2D eigenvalue weighted by molar-refractivity contribution is 9.10. The quantitative estimate of drug-likeness (QED) is 0.728. The molecule has 0 saturated heterocycles. The lowest BCUT2D eigenvalue weighted by molar-refractivity contribution is 0.0925. The Morgan fingerprint density at radius 1 is 0.857 bits per heavy atom. The Morgan fingerprint density at radius 2 is 1.38 bits per heavy atom. The van der Waals surface area contributed by atoms with Crippen LogP contribution in [0.15, 0.2) is 34.8 Å². The van der Waals surface area contributed by atoms with E-state index in [4.69, 9.17) is 0 Å². The first-order valence-electron chi connectivity index (χ1n) is 6.67. The van der Waals surface area contributed by atoms with Crippen LogP contribution in [0.1, 0.15) is 37.4 Å². The van der Waals surface area contributed by atoms with Crippen LogP contribution in [0.3, 0.4) is 0 Å². The van der Waals surface area contributed by atoms with Gasteiger partial charge >= 0.3 is 0 Å². The van der Waals surface area contributed by atoms with Crippen LogP contribution in [0.4, 0.5) is 5.69 Å². The van der Waals surface area contributed by atoms with E-state index in [1.807, 2.05) is 45.0 Å². The molecular weight excluding hydrogens is 330 g/mol. The number of nitrogens with zero attached hydrogens (tertiary/aromatic N) is 1. The Morgan fingerprint density at radius 3 is 1.90 bits per heavy atom. The fourth-order valence-electron chi connectivity index (χ4n) is 2.74. The van der Waals surface area contributed by atoms with Crippen molar-refractivity contribution in [3.63, 3.8) is 0 Å². The average molecular weight is 344 g/mol. The summed E-state index contributed by atoms with van der Waals surface area (Å²) in [5.41, 5.74) is 4.24. The minimum absolute atomic E-state index is 0.239. The lowest BCUT2D eigenvalue weighted by Gasteiger charge is -2.17. The second-order valence-corrected chi connectivity index (χ2v) is 6.13. The minimum Gasteiger partial charge on any atom is -0.268 e. The molecule has 0 N–H and O–H groups in total. The molecule has 0 unspecified atom stereocenters. The lowest BCUT2D eigenvalue weighted by atomic mass is 9.99. The van der Waals surface area contributed by atoms with Gasteiger partial charge in [-0.05, 0) is 49.6 Å². The third kappa shape index (κ3) is 1.94. The largest absolute Gasteiger partial charge is 0.268 e. The summed E-state index contributed by atoms with van der Waals surface area (Å²) in [7, 11) is 0. The van der Waals surface area contributed by atoms with E-state index in [1.165, 1.54) is 4.90 Å². The van der Waals surface area contributed by atoms with Gasteiger partial charge in [-0.2, -0.15) is 0 Å². The van der Waals surface area contributed by atoms with E-state index in [-0.39, 0.29) is 11.8 Å². The Bertz CT molecular complexity index is 755. The second-order valence-electron chi connectivity index (χ2n) is 5.28. The molecule has 2 aromatic carbocycles. The van der Waals surface area contributed by atoms with Crippen molar-refractivity contribution in [3.05, 3.63) is 62.6 Å². The predicted octanol–water partition coefficient (Wildman–Crippen LogP) is 4.17. The van der Waals surface area contributed by atoms with Gasteiger partial charge in [0.15, 0.2) is 0 Å². The van der Waals surface area contributed by atoms with Crippen molar-refractivity contribution in [3.8, 4) is 0 Å². The van der Waals surface area contributed by atoms with Crippen LogP contribution in [0.5, 0.6) is 0 Å². The van der Waals surface area contributed by atoms with E-state index >= 15 is 0 Å². The zero-order valence-electron chi connectivity index (χ0n) is 12.0. The molecule has 0 fully saturated rings. The van der Waals surface area contributed by atoms with E-state index in [0.29, 0.717) is 16.8 Å². The van der Waals surface area contributed by atoms with E-state index in [0.717, 1.165) is 21.2 Å². The van der Waals surface area contributed by atoms with E-state index in [1.54, 1.807) is 6.07 Å². The van der Waals surface area contributed by atoms with Gasteiger partial charge in [0, 0.05) is 4.47 Å². The lowest BCUT2D eigenvalue weighted by Crippen LogP contribution is -2.30. The van der Waals surface area contributed by atoms with Crippen molar-refractivity contribution in [1.82, 2.24) is 0 Å². The maximum absolute atomic E-state index is 12.7. The first-order chi connectivity index (χ1) is 9.93. The van der Waals surface area contributed by atoms with Gasteiger partial charge in [0.25, 0.3) is 11.8 Å². The van der Waals surface area contributed by atoms with Crippen molar-refractivity contribution in [2.24, 2.45) is 0 Å². The highest BCUT2D eigenvalue weighted by Gasteiger charge is 2.39. The third-order valence-corrected chi connectivity index (χ3v) is 4.80. The molecule has 106 valence electrons. The van der Waals surface area contributed by atoms with Crippen molar-refractivity contribution in [1.29, 1.82) is 0 Å². The molecule has 0 saturated carbocycles. The number of anilines is 1. The molecule has 21 heavy (non-hydrogen) atoms. The van der Waals surface area contributed by atoms with E-state index in [9.17, 15) is 9.59 Å². The van der Waals surface area contributed by atoms with Crippen molar-refractivity contribution < 1.29 is 9.59 Å². The number of amides is 2. The summed E-state index contributed by atoms with van der Waals surface area (Å²) in [6, 6.07) is 9.29. The number of hydrogen-bond donors (Lipinski definition) is 0. The molecule has 1 aliphatic heterocycles. The number of hydrogen-bond acceptors (Lipinski definition) is 2. The maximum atomic E-state index is 12.7. The number of fused-ring (bicyclic) bond motifs is 1. The van der Waals surface area contributed by atoms with E-state index in [2.05, 4.69) is 15.9 Å². The summed E-state index contributed by atoms with van der Waals surface area (Å²) < 4.78 is 0.880. The number of aryl methyl sites for hydroxylation is 2. The van der Waals surface area contributed by atoms with Gasteiger partial charge in [-0.1, -0.05) is 34.1 Å². The van der Waals surface area contributed by atoms with Crippen LogP contribution in [-0.2, 0) is 0 Å². The normalized spacial score (nSPS) is 13.8. The summed E-state index contributed by atoms with van der Waals surface area (Å²) in [5.74, 6) is -0.477.